The molecule has 0 radical (unpaired) electrons. The van der Waals surface area contributed by atoms with Crippen LogP contribution in [0.25, 0.3) is 0 Å². The summed E-state index contributed by atoms with van der Waals surface area (Å²) in [6.45, 7) is 6.03. The van der Waals surface area contributed by atoms with E-state index in [-0.39, 0.29) is 5.91 Å². The fourth-order valence-corrected chi connectivity index (χ4v) is 2.73. The van der Waals surface area contributed by atoms with E-state index in [9.17, 15) is 4.79 Å². The van der Waals surface area contributed by atoms with Crippen LogP contribution < -0.4 is 19.7 Å². The first-order valence-corrected chi connectivity index (χ1v) is 8.83. The maximum absolute atomic E-state index is 12.3. The molecule has 1 aromatic carbocycles. The van der Waals surface area contributed by atoms with Gasteiger partial charge in [-0.15, -0.1) is 0 Å². The van der Waals surface area contributed by atoms with E-state index in [4.69, 9.17) is 9.47 Å². The largest absolute Gasteiger partial charge is 0.493 e. The summed E-state index contributed by atoms with van der Waals surface area (Å²) in [5, 5.41) is 2.90. The lowest BCUT2D eigenvalue weighted by molar-refractivity contribution is -0.116. The Bertz CT molecular complexity index is 730. The van der Waals surface area contributed by atoms with Crippen molar-refractivity contribution in [2.24, 2.45) is 0 Å². The number of benzene rings is 1. The number of methoxy groups -OCH3 is 2. The van der Waals surface area contributed by atoms with Crippen molar-refractivity contribution in [3.63, 3.8) is 0 Å². The van der Waals surface area contributed by atoms with Crippen LogP contribution in [0.3, 0.4) is 0 Å². The second kappa shape index (κ2) is 9.65. The lowest BCUT2D eigenvalue weighted by Gasteiger charge is -2.20. The van der Waals surface area contributed by atoms with E-state index in [1.807, 2.05) is 6.07 Å². The first-order valence-electron chi connectivity index (χ1n) is 8.83. The van der Waals surface area contributed by atoms with Gasteiger partial charge >= 0.3 is 0 Å². The average molecular weight is 357 g/mol. The maximum atomic E-state index is 12.3. The van der Waals surface area contributed by atoms with Gasteiger partial charge in [-0.25, -0.2) is 4.98 Å². The van der Waals surface area contributed by atoms with Crippen LogP contribution in [0.15, 0.2) is 36.5 Å². The number of amides is 1. The molecule has 1 heterocycles. The van der Waals surface area contributed by atoms with Gasteiger partial charge < -0.3 is 19.7 Å². The Morgan fingerprint density at radius 1 is 1.08 bits per heavy atom. The number of ether oxygens (including phenoxy) is 2. The minimum Gasteiger partial charge on any atom is -0.493 e. The number of rotatable bonds is 9. The first-order chi connectivity index (χ1) is 12.6. The molecule has 0 bridgehead atoms. The molecule has 2 rings (SSSR count). The van der Waals surface area contributed by atoms with Crippen molar-refractivity contribution in [2.45, 2.75) is 26.7 Å². The number of pyridine rings is 1. The van der Waals surface area contributed by atoms with E-state index >= 15 is 0 Å². The summed E-state index contributed by atoms with van der Waals surface area (Å²) in [5.74, 6) is 2.13. The second-order valence-corrected chi connectivity index (χ2v) is 5.81. The van der Waals surface area contributed by atoms with E-state index < -0.39 is 0 Å². The van der Waals surface area contributed by atoms with Crippen molar-refractivity contribution in [1.82, 2.24) is 4.98 Å². The Balaban J connectivity index is 1.96. The third-order valence-corrected chi connectivity index (χ3v) is 4.21. The fraction of sp³-hybridized carbons (Fsp3) is 0.400. The van der Waals surface area contributed by atoms with Gasteiger partial charge in [0.1, 0.15) is 5.82 Å². The number of anilines is 2. The van der Waals surface area contributed by atoms with Crippen molar-refractivity contribution >= 4 is 17.4 Å². The molecule has 1 N–H and O–H groups in total. The molecule has 0 aliphatic heterocycles. The van der Waals surface area contributed by atoms with E-state index in [2.05, 4.69) is 35.1 Å². The predicted octanol–water partition coefficient (Wildman–Crippen LogP) is 3.52. The molecular weight excluding hydrogens is 330 g/mol. The van der Waals surface area contributed by atoms with E-state index in [0.29, 0.717) is 30.0 Å². The summed E-state index contributed by atoms with van der Waals surface area (Å²) in [6.07, 6.45) is 2.86. The molecule has 0 unspecified atom stereocenters. The smallest absolute Gasteiger partial charge is 0.224 e. The van der Waals surface area contributed by atoms with Gasteiger partial charge in [-0.2, -0.15) is 0 Å². The van der Waals surface area contributed by atoms with Gasteiger partial charge in [0.15, 0.2) is 11.5 Å². The van der Waals surface area contributed by atoms with E-state index in [1.54, 1.807) is 38.6 Å². The molecule has 2 aromatic rings. The second-order valence-electron chi connectivity index (χ2n) is 5.81. The van der Waals surface area contributed by atoms with Crippen LogP contribution in [-0.4, -0.2) is 38.2 Å². The monoisotopic (exact) mass is 357 g/mol. The van der Waals surface area contributed by atoms with Crippen molar-refractivity contribution < 1.29 is 14.3 Å². The highest BCUT2D eigenvalue weighted by molar-refractivity contribution is 5.91. The maximum Gasteiger partial charge on any atom is 0.224 e. The molecule has 0 aliphatic rings. The number of carbonyl (C=O) groups is 1. The number of aromatic nitrogens is 1. The molecular formula is C20H27N3O3. The zero-order chi connectivity index (χ0) is 18.9. The van der Waals surface area contributed by atoms with Gasteiger partial charge in [-0.05, 0) is 50.1 Å². The number of hydrogen-bond donors (Lipinski definition) is 1. The normalized spacial score (nSPS) is 10.3. The highest BCUT2D eigenvalue weighted by Crippen LogP contribution is 2.29. The summed E-state index contributed by atoms with van der Waals surface area (Å²) in [6, 6.07) is 9.33. The molecule has 6 nitrogen and oxygen atoms in total. The Labute approximate surface area is 155 Å². The summed E-state index contributed by atoms with van der Waals surface area (Å²) >= 11 is 0. The molecule has 0 fully saturated rings. The SMILES string of the molecule is CCN(CC)c1cc(CCC(=O)Nc2ccc(OC)c(OC)c2)ccn1. The van der Waals surface area contributed by atoms with Crippen molar-refractivity contribution in [3.8, 4) is 11.5 Å². The van der Waals surface area contributed by atoms with Crippen LogP contribution in [0.4, 0.5) is 11.5 Å². The molecule has 1 aromatic heterocycles. The van der Waals surface area contributed by atoms with Crippen molar-refractivity contribution in [3.05, 3.63) is 42.1 Å². The summed E-state index contributed by atoms with van der Waals surface area (Å²) in [4.78, 5) is 18.9. The van der Waals surface area contributed by atoms with Crippen molar-refractivity contribution in [1.29, 1.82) is 0 Å². The lowest BCUT2D eigenvalue weighted by atomic mass is 10.1. The fourth-order valence-electron chi connectivity index (χ4n) is 2.73. The number of aryl methyl sites for hydroxylation is 1. The Kier molecular flexibility index (Phi) is 7.26. The molecule has 0 aliphatic carbocycles. The highest BCUT2D eigenvalue weighted by Gasteiger charge is 2.09. The van der Waals surface area contributed by atoms with Crippen LogP contribution in [0.2, 0.25) is 0 Å². The van der Waals surface area contributed by atoms with Gasteiger partial charge in [0, 0.05) is 37.5 Å². The number of nitrogens with one attached hydrogen (secondary N) is 1. The minimum atomic E-state index is -0.0431. The Morgan fingerprint density at radius 2 is 1.81 bits per heavy atom. The summed E-state index contributed by atoms with van der Waals surface area (Å²) < 4.78 is 10.5. The van der Waals surface area contributed by atoms with Gasteiger partial charge in [0.05, 0.1) is 14.2 Å². The zero-order valence-corrected chi connectivity index (χ0v) is 15.9. The van der Waals surface area contributed by atoms with Gasteiger partial charge in [0.2, 0.25) is 5.91 Å². The van der Waals surface area contributed by atoms with Crippen LogP contribution >= 0.6 is 0 Å². The topological polar surface area (TPSA) is 63.7 Å². The molecule has 0 spiro atoms. The van der Waals surface area contributed by atoms with Crippen LogP contribution in [0.1, 0.15) is 25.8 Å². The van der Waals surface area contributed by atoms with Crippen molar-refractivity contribution in [2.75, 3.05) is 37.5 Å². The predicted molar refractivity (Wildman–Crippen MR) is 104 cm³/mol. The first kappa shape index (κ1) is 19.6. The molecule has 26 heavy (non-hydrogen) atoms. The number of hydrogen-bond acceptors (Lipinski definition) is 5. The van der Waals surface area contributed by atoms with Gasteiger partial charge in [0.25, 0.3) is 0 Å². The minimum absolute atomic E-state index is 0.0431. The van der Waals surface area contributed by atoms with Crippen LogP contribution in [0, 0.1) is 0 Å². The van der Waals surface area contributed by atoms with E-state index in [0.717, 1.165) is 24.5 Å². The number of nitrogens with zero attached hydrogens (tertiary/aromatic N) is 2. The third kappa shape index (κ3) is 5.12. The van der Waals surface area contributed by atoms with Crippen LogP contribution in [-0.2, 0) is 11.2 Å². The quantitative estimate of drug-likeness (QED) is 0.744. The molecule has 0 atom stereocenters. The van der Waals surface area contributed by atoms with Gasteiger partial charge in [-0.1, -0.05) is 0 Å². The van der Waals surface area contributed by atoms with Crippen LogP contribution in [0.5, 0.6) is 11.5 Å². The Morgan fingerprint density at radius 3 is 2.46 bits per heavy atom. The summed E-state index contributed by atoms with van der Waals surface area (Å²) in [7, 11) is 3.15. The molecule has 0 saturated carbocycles. The highest BCUT2D eigenvalue weighted by atomic mass is 16.5. The third-order valence-electron chi connectivity index (χ3n) is 4.21. The average Bonchev–Trinajstić information content (AvgIpc) is 2.67. The lowest BCUT2D eigenvalue weighted by Crippen LogP contribution is -2.23. The zero-order valence-electron chi connectivity index (χ0n) is 15.9. The Hall–Kier alpha value is -2.76. The standard InChI is InChI=1S/C20H27N3O3/c1-5-23(6-2)19-13-15(11-12-21-19)7-10-20(24)22-16-8-9-17(25-3)18(14-16)26-4/h8-9,11-14H,5-7,10H2,1-4H3,(H,22,24). The number of carbonyl (C=O) groups excluding carboxylic acids is 1. The van der Waals surface area contributed by atoms with Gasteiger partial charge in [-0.3, -0.25) is 4.79 Å². The molecule has 0 saturated heterocycles. The summed E-state index contributed by atoms with van der Waals surface area (Å²) in [5.41, 5.74) is 1.79. The molecule has 140 valence electrons. The molecule has 1 amide bonds. The van der Waals surface area contributed by atoms with E-state index in [1.165, 1.54) is 0 Å². The molecule has 6 heteroatoms.